The zero-order chi connectivity index (χ0) is 26.6. The first-order valence-electron chi connectivity index (χ1n) is 13.5. The van der Waals surface area contributed by atoms with Gasteiger partial charge in [0.2, 0.25) is 0 Å². The van der Waals surface area contributed by atoms with Crippen LogP contribution in [-0.2, 0) is 6.61 Å². The number of allylic oxidation sites excluding steroid dienone is 2. The molecule has 1 aliphatic heterocycles. The molecule has 2 aliphatic rings. The second-order valence-electron chi connectivity index (χ2n) is 9.97. The number of para-hydroxylation sites is 1. The van der Waals surface area contributed by atoms with Crippen molar-refractivity contribution in [3.63, 3.8) is 0 Å². The minimum atomic E-state index is 0.284. The second kappa shape index (κ2) is 11.4. The van der Waals surface area contributed by atoms with Crippen molar-refractivity contribution in [2.75, 3.05) is 11.9 Å². The molecule has 4 nitrogen and oxygen atoms in total. The maximum Gasteiger partial charge on any atom is 0.161 e. The third-order valence-corrected chi connectivity index (χ3v) is 7.71. The molecule has 0 unspecified atom stereocenters. The molecule has 1 N–H and O–H groups in total. The molecular formula is C34H31ClN2O2. The predicted octanol–water partition coefficient (Wildman–Crippen LogP) is 8.89. The summed E-state index contributed by atoms with van der Waals surface area (Å²) in [6.45, 7) is 2.96. The summed E-state index contributed by atoms with van der Waals surface area (Å²) in [4.78, 5) is 4.73. The molecule has 5 heteroatoms. The standard InChI is InChI=1S/C34H31ClN2O2/c1-2-38-33-20-24(12-19-32(33)39-22-23-10-15-26(35)16-11-23)21-36-27-17-13-25(14-18-27)34-30-8-5-7-28(30)29-6-3-4-9-31(29)37-34/h3-7,9-21,28,30,34,37H,2,8,22H2,1H3/t28-,30-,34-/m0/s1. The van der Waals surface area contributed by atoms with Crippen molar-refractivity contribution in [3.8, 4) is 11.5 Å². The van der Waals surface area contributed by atoms with E-state index in [-0.39, 0.29) is 6.04 Å². The van der Waals surface area contributed by atoms with E-state index in [0.717, 1.165) is 23.2 Å². The summed E-state index contributed by atoms with van der Waals surface area (Å²) in [6.07, 6.45) is 7.67. The van der Waals surface area contributed by atoms with Gasteiger partial charge in [-0.3, -0.25) is 4.99 Å². The number of fused-ring (bicyclic) bond motifs is 3. The molecule has 6 rings (SSSR count). The summed E-state index contributed by atoms with van der Waals surface area (Å²) in [5.74, 6) is 2.41. The SMILES string of the molecule is CCOc1cc(C=Nc2ccc([C@@H]3Nc4ccccc4[C@@H]4C=CC[C@@H]43)cc2)ccc1OCc1ccc(Cl)cc1. The quantitative estimate of drug-likeness (QED) is 0.181. The lowest BCUT2D eigenvalue weighted by Crippen LogP contribution is -2.28. The van der Waals surface area contributed by atoms with Crippen LogP contribution >= 0.6 is 11.6 Å². The number of hydrogen-bond acceptors (Lipinski definition) is 4. The van der Waals surface area contributed by atoms with Crippen molar-refractivity contribution in [3.05, 3.63) is 130 Å². The monoisotopic (exact) mass is 534 g/mol. The van der Waals surface area contributed by atoms with Crippen molar-refractivity contribution >= 4 is 29.2 Å². The van der Waals surface area contributed by atoms with Crippen LogP contribution in [0.2, 0.25) is 5.02 Å². The molecule has 4 aromatic rings. The predicted molar refractivity (Wildman–Crippen MR) is 160 cm³/mol. The van der Waals surface area contributed by atoms with E-state index in [2.05, 4.69) is 66.0 Å². The number of halogens is 1. The molecule has 0 bridgehead atoms. The molecule has 1 aliphatic carbocycles. The number of hydrogen-bond donors (Lipinski definition) is 1. The smallest absolute Gasteiger partial charge is 0.161 e. The minimum Gasteiger partial charge on any atom is -0.490 e. The molecule has 0 amide bonds. The van der Waals surface area contributed by atoms with Crippen molar-refractivity contribution < 1.29 is 9.47 Å². The number of anilines is 1. The zero-order valence-corrected chi connectivity index (χ0v) is 22.6. The average molecular weight is 535 g/mol. The van der Waals surface area contributed by atoms with Gasteiger partial charge >= 0.3 is 0 Å². The van der Waals surface area contributed by atoms with E-state index in [1.807, 2.05) is 55.6 Å². The van der Waals surface area contributed by atoms with Crippen LogP contribution in [0.3, 0.4) is 0 Å². The van der Waals surface area contributed by atoms with Gasteiger partial charge in [0.05, 0.1) is 18.3 Å². The number of aliphatic imine (C=N–C) groups is 1. The fourth-order valence-electron chi connectivity index (χ4n) is 5.52. The molecular weight excluding hydrogens is 504 g/mol. The summed E-state index contributed by atoms with van der Waals surface area (Å²) < 4.78 is 11.9. The summed E-state index contributed by atoms with van der Waals surface area (Å²) in [5, 5.41) is 4.51. The normalized spacial score (nSPS) is 19.4. The lowest BCUT2D eigenvalue weighted by Gasteiger charge is -2.37. The van der Waals surface area contributed by atoms with Crippen LogP contribution in [0.15, 0.2) is 108 Å². The average Bonchev–Trinajstić information content (AvgIpc) is 3.47. The van der Waals surface area contributed by atoms with E-state index in [4.69, 9.17) is 26.1 Å². The lowest BCUT2D eigenvalue weighted by molar-refractivity contribution is 0.269. The molecule has 0 radical (unpaired) electrons. The second-order valence-corrected chi connectivity index (χ2v) is 10.4. The molecule has 4 aromatic carbocycles. The third kappa shape index (κ3) is 5.57. The van der Waals surface area contributed by atoms with Gasteiger partial charge in [-0.1, -0.05) is 66.2 Å². The van der Waals surface area contributed by atoms with Gasteiger partial charge in [0.1, 0.15) is 6.61 Å². The van der Waals surface area contributed by atoms with Crippen LogP contribution in [-0.4, -0.2) is 12.8 Å². The first-order chi connectivity index (χ1) is 19.2. The first kappa shape index (κ1) is 25.3. The topological polar surface area (TPSA) is 42.8 Å². The lowest BCUT2D eigenvalue weighted by atomic mass is 9.77. The van der Waals surface area contributed by atoms with Crippen molar-refractivity contribution in [1.29, 1.82) is 0 Å². The van der Waals surface area contributed by atoms with Gasteiger partial charge in [-0.2, -0.15) is 0 Å². The molecule has 1 heterocycles. The fraction of sp³-hybridized carbons (Fsp3) is 0.206. The number of ether oxygens (including phenoxy) is 2. The Morgan fingerprint density at radius 1 is 0.923 bits per heavy atom. The van der Waals surface area contributed by atoms with Crippen LogP contribution in [0.1, 0.15) is 47.6 Å². The van der Waals surface area contributed by atoms with Crippen LogP contribution in [0.4, 0.5) is 11.4 Å². The molecule has 0 saturated carbocycles. The molecule has 3 atom stereocenters. The summed E-state index contributed by atoms with van der Waals surface area (Å²) in [5.41, 5.74) is 6.85. The van der Waals surface area contributed by atoms with E-state index in [9.17, 15) is 0 Å². The van der Waals surface area contributed by atoms with Crippen molar-refractivity contribution in [2.24, 2.45) is 10.9 Å². The summed E-state index contributed by atoms with van der Waals surface area (Å²) in [6, 6.07) is 31.1. The third-order valence-electron chi connectivity index (χ3n) is 7.46. The zero-order valence-electron chi connectivity index (χ0n) is 21.9. The Morgan fingerprint density at radius 3 is 2.56 bits per heavy atom. The molecule has 0 spiro atoms. The van der Waals surface area contributed by atoms with Gasteiger partial charge in [-0.25, -0.2) is 0 Å². The van der Waals surface area contributed by atoms with Crippen molar-refractivity contribution in [2.45, 2.75) is 31.9 Å². The van der Waals surface area contributed by atoms with Gasteiger partial charge in [0.25, 0.3) is 0 Å². The van der Waals surface area contributed by atoms with E-state index >= 15 is 0 Å². The highest BCUT2D eigenvalue weighted by atomic mass is 35.5. The highest BCUT2D eigenvalue weighted by Gasteiger charge is 2.37. The number of nitrogens with zero attached hydrogens (tertiary/aromatic N) is 1. The fourth-order valence-corrected chi connectivity index (χ4v) is 5.65. The van der Waals surface area contributed by atoms with Gasteiger partial charge in [0, 0.05) is 22.8 Å². The van der Waals surface area contributed by atoms with E-state index in [1.54, 1.807) is 0 Å². The summed E-state index contributed by atoms with van der Waals surface area (Å²) >= 11 is 5.99. The Labute approximate surface area is 235 Å². The van der Waals surface area contributed by atoms with E-state index in [1.165, 1.54) is 16.8 Å². The van der Waals surface area contributed by atoms with Gasteiger partial charge in [-0.05, 0) is 90.0 Å². The van der Waals surface area contributed by atoms with E-state index in [0.29, 0.717) is 41.6 Å². The first-order valence-corrected chi connectivity index (χ1v) is 13.9. The Kier molecular flexibility index (Phi) is 7.38. The van der Waals surface area contributed by atoms with E-state index < -0.39 is 0 Å². The Hall–Kier alpha value is -4.02. The highest BCUT2D eigenvalue weighted by molar-refractivity contribution is 6.30. The van der Waals surface area contributed by atoms with Gasteiger partial charge in [-0.15, -0.1) is 0 Å². The molecule has 0 aromatic heterocycles. The maximum absolute atomic E-state index is 6.03. The summed E-state index contributed by atoms with van der Waals surface area (Å²) in [7, 11) is 0. The van der Waals surface area contributed by atoms with Crippen LogP contribution in [0, 0.1) is 5.92 Å². The van der Waals surface area contributed by atoms with Crippen LogP contribution in [0.25, 0.3) is 0 Å². The molecule has 39 heavy (non-hydrogen) atoms. The van der Waals surface area contributed by atoms with Crippen molar-refractivity contribution in [1.82, 2.24) is 0 Å². The maximum atomic E-state index is 6.03. The van der Waals surface area contributed by atoms with Crippen LogP contribution in [0.5, 0.6) is 11.5 Å². The molecule has 196 valence electrons. The Bertz CT molecular complexity index is 1490. The van der Waals surface area contributed by atoms with Gasteiger partial charge < -0.3 is 14.8 Å². The largest absolute Gasteiger partial charge is 0.490 e. The Balaban J connectivity index is 1.15. The molecule has 0 fully saturated rings. The Morgan fingerprint density at radius 2 is 1.74 bits per heavy atom. The van der Waals surface area contributed by atoms with Crippen LogP contribution < -0.4 is 14.8 Å². The number of benzene rings is 4. The highest BCUT2D eigenvalue weighted by Crippen LogP contribution is 2.49. The van der Waals surface area contributed by atoms with Gasteiger partial charge in [0.15, 0.2) is 11.5 Å². The molecule has 0 saturated heterocycles. The minimum absolute atomic E-state index is 0.284. The number of nitrogens with one attached hydrogen (secondary N) is 1. The number of rotatable bonds is 8.